The Bertz CT molecular complexity index is 1080. The van der Waals surface area contributed by atoms with Crippen LogP contribution in [0.25, 0.3) is 11.4 Å². The first-order valence-electron chi connectivity index (χ1n) is 10.3. The molecule has 1 saturated heterocycles. The molecule has 9 heteroatoms. The minimum Gasteiger partial charge on any atom is -0.406 e. The summed E-state index contributed by atoms with van der Waals surface area (Å²) in [5.74, 6) is 0.818. The third-order valence-corrected chi connectivity index (χ3v) is 5.40. The molecule has 0 radical (unpaired) electrons. The third kappa shape index (κ3) is 4.92. The van der Waals surface area contributed by atoms with Crippen molar-refractivity contribution in [3.63, 3.8) is 0 Å². The van der Waals surface area contributed by atoms with E-state index in [2.05, 4.69) is 28.7 Å². The highest BCUT2D eigenvalue weighted by Crippen LogP contribution is 2.34. The van der Waals surface area contributed by atoms with Crippen LogP contribution in [-0.2, 0) is 11.3 Å². The average Bonchev–Trinajstić information content (AvgIpc) is 3.36. The highest BCUT2D eigenvalue weighted by molar-refractivity contribution is 5.78. The number of carbonyl (C=O) groups excluding carboxylic acids is 1. The van der Waals surface area contributed by atoms with Gasteiger partial charge in [0.2, 0.25) is 17.6 Å². The van der Waals surface area contributed by atoms with Gasteiger partial charge in [0.1, 0.15) is 11.8 Å². The van der Waals surface area contributed by atoms with Gasteiger partial charge in [-0.15, -0.1) is 13.2 Å². The number of halogens is 3. The third-order valence-electron chi connectivity index (χ3n) is 5.40. The lowest BCUT2D eigenvalue weighted by atomic mass is 10.0. The monoisotopic (exact) mass is 445 g/mol. The lowest BCUT2D eigenvalue weighted by Crippen LogP contribution is -2.27. The van der Waals surface area contributed by atoms with Gasteiger partial charge in [-0.3, -0.25) is 4.79 Å². The number of hydrogen-bond donors (Lipinski definition) is 0. The largest absolute Gasteiger partial charge is 0.573 e. The molecule has 0 bridgehead atoms. The van der Waals surface area contributed by atoms with Crippen molar-refractivity contribution in [1.29, 1.82) is 0 Å². The second kappa shape index (κ2) is 8.64. The number of benzene rings is 2. The summed E-state index contributed by atoms with van der Waals surface area (Å²) in [7, 11) is 0. The maximum Gasteiger partial charge on any atom is 0.573 e. The van der Waals surface area contributed by atoms with Gasteiger partial charge in [0.05, 0.1) is 0 Å². The Kier molecular flexibility index (Phi) is 5.90. The van der Waals surface area contributed by atoms with Gasteiger partial charge in [0.25, 0.3) is 0 Å². The van der Waals surface area contributed by atoms with Crippen molar-refractivity contribution in [1.82, 2.24) is 15.0 Å². The standard InChI is InChI=1S/C23H22F3N3O3/c1-14(2)16-5-7-17(8-6-16)21-27-22(32-28-21)19-11-12-20(30)29(19)13-15-3-9-18(10-4-15)31-23(24,25)26/h3-10,14,19H,11-13H2,1-2H3. The summed E-state index contributed by atoms with van der Waals surface area (Å²) in [5, 5.41) is 4.07. The molecule has 0 N–H and O–H groups in total. The molecule has 1 aliphatic rings. The molecule has 1 fully saturated rings. The predicted molar refractivity (Wildman–Crippen MR) is 109 cm³/mol. The molecule has 0 spiro atoms. The van der Waals surface area contributed by atoms with Crippen LogP contribution in [-0.4, -0.2) is 27.3 Å². The molecule has 0 saturated carbocycles. The zero-order valence-electron chi connectivity index (χ0n) is 17.6. The zero-order valence-corrected chi connectivity index (χ0v) is 17.6. The Morgan fingerprint density at radius 1 is 1.12 bits per heavy atom. The van der Waals surface area contributed by atoms with Crippen molar-refractivity contribution in [2.75, 3.05) is 0 Å². The Labute approximate surface area is 183 Å². The number of ether oxygens (including phenoxy) is 1. The molecule has 1 aliphatic heterocycles. The van der Waals surface area contributed by atoms with Crippen LogP contribution >= 0.6 is 0 Å². The Hall–Kier alpha value is -3.36. The molecule has 3 aromatic rings. The van der Waals surface area contributed by atoms with E-state index in [9.17, 15) is 18.0 Å². The van der Waals surface area contributed by atoms with Crippen molar-refractivity contribution < 1.29 is 27.2 Å². The quantitative estimate of drug-likeness (QED) is 0.492. The van der Waals surface area contributed by atoms with Crippen LogP contribution in [0.4, 0.5) is 13.2 Å². The molecular formula is C23H22F3N3O3. The predicted octanol–water partition coefficient (Wildman–Crippen LogP) is 5.62. The van der Waals surface area contributed by atoms with Gasteiger partial charge in [0.15, 0.2) is 0 Å². The van der Waals surface area contributed by atoms with Gasteiger partial charge in [-0.05, 0) is 35.6 Å². The van der Waals surface area contributed by atoms with E-state index in [1.54, 1.807) is 4.90 Å². The van der Waals surface area contributed by atoms with Gasteiger partial charge >= 0.3 is 6.36 Å². The van der Waals surface area contributed by atoms with Gasteiger partial charge in [0, 0.05) is 18.5 Å². The fourth-order valence-corrected chi connectivity index (χ4v) is 3.69. The number of likely N-dealkylation sites (tertiary alicyclic amines) is 1. The maximum atomic E-state index is 12.5. The van der Waals surface area contributed by atoms with Crippen LogP contribution in [0, 0.1) is 0 Å². The summed E-state index contributed by atoms with van der Waals surface area (Å²) in [6.45, 7) is 4.45. The minimum absolute atomic E-state index is 0.0772. The van der Waals surface area contributed by atoms with Crippen LogP contribution in [0.3, 0.4) is 0 Å². The first kappa shape index (κ1) is 21.9. The van der Waals surface area contributed by atoms with E-state index in [-0.39, 0.29) is 24.2 Å². The van der Waals surface area contributed by atoms with E-state index in [1.807, 2.05) is 24.3 Å². The summed E-state index contributed by atoms with van der Waals surface area (Å²) in [6.07, 6.45) is -3.88. The Morgan fingerprint density at radius 3 is 2.44 bits per heavy atom. The molecule has 1 atom stereocenters. The molecule has 4 rings (SSSR count). The molecule has 32 heavy (non-hydrogen) atoms. The van der Waals surface area contributed by atoms with Crippen LogP contribution in [0.1, 0.15) is 55.7 Å². The van der Waals surface area contributed by atoms with Crippen molar-refractivity contribution in [3.8, 4) is 17.1 Å². The summed E-state index contributed by atoms with van der Waals surface area (Å²) in [6, 6.07) is 13.0. The number of alkyl halides is 3. The molecule has 1 aromatic heterocycles. The summed E-state index contributed by atoms with van der Waals surface area (Å²) in [4.78, 5) is 18.6. The first-order valence-corrected chi connectivity index (χ1v) is 10.3. The number of carbonyl (C=O) groups is 1. The normalized spacial score (nSPS) is 16.8. The van der Waals surface area contributed by atoms with Crippen molar-refractivity contribution >= 4 is 5.91 Å². The first-order chi connectivity index (χ1) is 15.2. The zero-order chi connectivity index (χ0) is 22.9. The van der Waals surface area contributed by atoms with Gasteiger partial charge in [-0.1, -0.05) is 55.4 Å². The number of nitrogens with zero attached hydrogens (tertiary/aromatic N) is 3. The van der Waals surface area contributed by atoms with Gasteiger partial charge in [-0.25, -0.2) is 0 Å². The van der Waals surface area contributed by atoms with E-state index in [0.29, 0.717) is 36.0 Å². The number of rotatable bonds is 6. The number of amides is 1. The second-order valence-corrected chi connectivity index (χ2v) is 8.00. The highest BCUT2D eigenvalue weighted by Gasteiger charge is 2.36. The summed E-state index contributed by atoms with van der Waals surface area (Å²) < 4.78 is 46.4. The fraction of sp³-hybridized carbons (Fsp3) is 0.348. The van der Waals surface area contributed by atoms with Crippen LogP contribution in [0.2, 0.25) is 0 Å². The molecule has 0 aliphatic carbocycles. The Balaban J connectivity index is 1.48. The number of hydrogen-bond acceptors (Lipinski definition) is 5. The lowest BCUT2D eigenvalue weighted by molar-refractivity contribution is -0.274. The van der Waals surface area contributed by atoms with Crippen LogP contribution in [0.5, 0.6) is 5.75 Å². The summed E-state index contributed by atoms with van der Waals surface area (Å²) >= 11 is 0. The lowest BCUT2D eigenvalue weighted by Gasteiger charge is -2.22. The van der Waals surface area contributed by atoms with E-state index in [4.69, 9.17) is 4.52 Å². The second-order valence-electron chi connectivity index (χ2n) is 8.00. The van der Waals surface area contributed by atoms with Crippen LogP contribution < -0.4 is 4.74 Å². The topological polar surface area (TPSA) is 68.5 Å². The smallest absolute Gasteiger partial charge is 0.406 e. The van der Waals surface area contributed by atoms with E-state index in [0.717, 1.165) is 5.56 Å². The minimum atomic E-state index is -4.75. The molecular weight excluding hydrogens is 423 g/mol. The SMILES string of the molecule is CC(C)c1ccc(-c2noc(C3CCC(=O)N3Cc3ccc(OC(F)(F)F)cc3)n2)cc1. The van der Waals surface area contributed by atoms with E-state index < -0.39 is 6.36 Å². The van der Waals surface area contributed by atoms with E-state index in [1.165, 1.54) is 29.8 Å². The van der Waals surface area contributed by atoms with Crippen molar-refractivity contribution in [2.45, 2.75) is 51.6 Å². The molecule has 6 nitrogen and oxygen atoms in total. The average molecular weight is 445 g/mol. The molecule has 1 amide bonds. The number of aromatic nitrogens is 2. The van der Waals surface area contributed by atoms with Gasteiger partial charge in [-0.2, -0.15) is 4.98 Å². The van der Waals surface area contributed by atoms with Crippen molar-refractivity contribution in [2.24, 2.45) is 0 Å². The van der Waals surface area contributed by atoms with Gasteiger partial charge < -0.3 is 14.2 Å². The van der Waals surface area contributed by atoms with E-state index >= 15 is 0 Å². The molecule has 1 unspecified atom stereocenters. The van der Waals surface area contributed by atoms with Crippen molar-refractivity contribution in [3.05, 3.63) is 65.5 Å². The Morgan fingerprint density at radius 2 is 1.81 bits per heavy atom. The highest BCUT2D eigenvalue weighted by atomic mass is 19.4. The fourth-order valence-electron chi connectivity index (χ4n) is 3.69. The molecule has 2 aromatic carbocycles. The maximum absolute atomic E-state index is 12.5. The molecule has 2 heterocycles. The summed E-state index contributed by atoms with van der Waals surface area (Å²) in [5.41, 5.74) is 2.70. The molecule has 168 valence electrons. The van der Waals surface area contributed by atoms with Crippen LogP contribution in [0.15, 0.2) is 53.1 Å².